The smallest absolute Gasteiger partial charge is 0.0178 e. The van der Waals surface area contributed by atoms with E-state index < -0.39 is 0 Å². The highest BCUT2D eigenvalue weighted by Gasteiger charge is 2.11. The van der Waals surface area contributed by atoms with Crippen molar-refractivity contribution >= 4 is 11.8 Å². The van der Waals surface area contributed by atoms with Gasteiger partial charge in [0.05, 0.1) is 0 Å². The summed E-state index contributed by atoms with van der Waals surface area (Å²) in [6.07, 6.45) is 1.23. The summed E-state index contributed by atoms with van der Waals surface area (Å²) in [5, 5.41) is 4.07. The van der Waals surface area contributed by atoms with Crippen LogP contribution in [-0.2, 0) is 0 Å². The SMILES string of the molecule is CCSC(C)C(CC)NC. The zero-order valence-electron chi connectivity index (χ0n) is 7.48. The van der Waals surface area contributed by atoms with Gasteiger partial charge in [-0.1, -0.05) is 20.8 Å². The zero-order chi connectivity index (χ0) is 7.98. The zero-order valence-corrected chi connectivity index (χ0v) is 8.29. The normalized spacial score (nSPS) is 16.8. The Balaban J connectivity index is 3.53. The molecule has 0 aromatic rings. The third-order valence-electron chi connectivity index (χ3n) is 1.81. The van der Waals surface area contributed by atoms with Crippen LogP contribution in [0.4, 0.5) is 0 Å². The summed E-state index contributed by atoms with van der Waals surface area (Å²) in [6, 6.07) is 0.685. The van der Waals surface area contributed by atoms with Crippen LogP contribution in [0, 0.1) is 0 Å². The van der Waals surface area contributed by atoms with E-state index in [-0.39, 0.29) is 0 Å². The molecule has 0 aliphatic heterocycles. The minimum Gasteiger partial charge on any atom is -0.316 e. The van der Waals surface area contributed by atoms with Gasteiger partial charge in [0.25, 0.3) is 0 Å². The summed E-state index contributed by atoms with van der Waals surface area (Å²) in [7, 11) is 2.04. The maximum Gasteiger partial charge on any atom is 0.0178 e. The van der Waals surface area contributed by atoms with Crippen molar-refractivity contribution < 1.29 is 0 Å². The Labute approximate surface area is 69.0 Å². The maximum atomic E-state index is 3.32. The van der Waals surface area contributed by atoms with Gasteiger partial charge in [-0.2, -0.15) is 11.8 Å². The van der Waals surface area contributed by atoms with E-state index in [0.29, 0.717) is 6.04 Å². The van der Waals surface area contributed by atoms with E-state index >= 15 is 0 Å². The largest absolute Gasteiger partial charge is 0.316 e. The highest BCUT2D eigenvalue weighted by molar-refractivity contribution is 7.99. The third kappa shape index (κ3) is 3.47. The van der Waals surface area contributed by atoms with Gasteiger partial charge in [-0.3, -0.25) is 0 Å². The number of nitrogens with one attached hydrogen (secondary N) is 1. The van der Waals surface area contributed by atoms with Crippen LogP contribution < -0.4 is 5.32 Å². The molecular weight excluding hydrogens is 142 g/mol. The van der Waals surface area contributed by atoms with Crippen LogP contribution in [0.2, 0.25) is 0 Å². The van der Waals surface area contributed by atoms with Gasteiger partial charge in [0.15, 0.2) is 0 Å². The van der Waals surface area contributed by atoms with Gasteiger partial charge in [-0.25, -0.2) is 0 Å². The van der Waals surface area contributed by atoms with Gasteiger partial charge in [-0.15, -0.1) is 0 Å². The van der Waals surface area contributed by atoms with Gasteiger partial charge in [-0.05, 0) is 19.2 Å². The molecule has 0 aliphatic carbocycles. The lowest BCUT2D eigenvalue weighted by atomic mass is 10.2. The average Bonchev–Trinajstić information content (AvgIpc) is 1.91. The van der Waals surface area contributed by atoms with Gasteiger partial charge < -0.3 is 5.32 Å². The van der Waals surface area contributed by atoms with E-state index in [1.165, 1.54) is 12.2 Å². The number of hydrogen-bond donors (Lipinski definition) is 1. The predicted octanol–water partition coefficient (Wildman–Crippen LogP) is 2.13. The van der Waals surface area contributed by atoms with Crippen LogP contribution in [0.25, 0.3) is 0 Å². The number of rotatable bonds is 5. The quantitative estimate of drug-likeness (QED) is 0.663. The van der Waals surface area contributed by atoms with Crippen LogP contribution >= 0.6 is 11.8 Å². The van der Waals surface area contributed by atoms with Gasteiger partial charge >= 0.3 is 0 Å². The molecule has 0 aliphatic rings. The Morgan fingerprint density at radius 2 is 2.00 bits per heavy atom. The standard InChI is InChI=1S/C8H19NS/c1-5-8(9-4)7(3)10-6-2/h7-9H,5-6H2,1-4H3. The van der Waals surface area contributed by atoms with E-state index in [1.807, 2.05) is 18.8 Å². The number of hydrogen-bond acceptors (Lipinski definition) is 2. The highest BCUT2D eigenvalue weighted by atomic mass is 32.2. The van der Waals surface area contributed by atoms with Crippen molar-refractivity contribution in [2.24, 2.45) is 0 Å². The van der Waals surface area contributed by atoms with Crippen LogP contribution in [-0.4, -0.2) is 24.1 Å². The third-order valence-corrected chi connectivity index (χ3v) is 2.99. The first-order valence-electron chi connectivity index (χ1n) is 4.05. The van der Waals surface area contributed by atoms with Crippen LogP contribution in [0.15, 0.2) is 0 Å². The van der Waals surface area contributed by atoms with E-state index in [2.05, 4.69) is 26.1 Å². The van der Waals surface area contributed by atoms with Crippen LogP contribution in [0.3, 0.4) is 0 Å². The molecule has 0 amide bonds. The Bertz CT molecular complexity index is 71.7. The lowest BCUT2D eigenvalue weighted by Crippen LogP contribution is -2.33. The Morgan fingerprint density at radius 1 is 1.40 bits per heavy atom. The summed E-state index contributed by atoms with van der Waals surface area (Å²) in [5.41, 5.74) is 0. The molecule has 0 saturated carbocycles. The molecule has 1 N–H and O–H groups in total. The molecule has 2 atom stereocenters. The van der Waals surface area contributed by atoms with Crippen molar-refractivity contribution in [1.29, 1.82) is 0 Å². The fraction of sp³-hybridized carbons (Fsp3) is 1.00. The molecule has 0 heterocycles. The first kappa shape index (κ1) is 10.3. The Kier molecular flexibility index (Phi) is 6.24. The Morgan fingerprint density at radius 3 is 2.30 bits per heavy atom. The fourth-order valence-corrected chi connectivity index (χ4v) is 2.24. The molecule has 0 saturated heterocycles. The van der Waals surface area contributed by atoms with E-state index in [4.69, 9.17) is 0 Å². The molecule has 0 radical (unpaired) electrons. The molecule has 0 aromatic carbocycles. The number of thioether (sulfide) groups is 1. The fourth-order valence-electron chi connectivity index (χ4n) is 1.15. The van der Waals surface area contributed by atoms with Crippen LogP contribution in [0.1, 0.15) is 27.2 Å². The second-order valence-electron chi connectivity index (χ2n) is 2.46. The lowest BCUT2D eigenvalue weighted by molar-refractivity contribution is 0.542. The van der Waals surface area contributed by atoms with Gasteiger partial charge in [0.1, 0.15) is 0 Å². The maximum absolute atomic E-state index is 3.32. The molecule has 0 bridgehead atoms. The van der Waals surface area contributed by atoms with Crippen LogP contribution in [0.5, 0.6) is 0 Å². The summed E-state index contributed by atoms with van der Waals surface area (Å²) >= 11 is 2.03. The van der Waals surface area contributed by atoms with Crippen molar-refractivity contribution in [2.45, 2.75) is 38.5 Å². The molecule has 1 nitrogen and oxygen atoms in total. The molecule has 10 heavy (non-hydrogen) atoms. The Hall–Kier alpha value is 0.310. The monoisotopic (exact) mass is 161 g/mol. The van der Waals surface area contributed by atoms with E-state index in [0.717, 1.165) is 5.25 Å². The molecule has 0 rings (SSSR count). The predicted molar refractivity (Wildman–Crippen MR) is 50.7 cm³/mol. The second-order valence-corrected chi connectivity index (χ2v) is 4.12. The summed E-state index contributed by atoms with van der Waals surface area (Å²) in [4.78, 5) is 0. The summed E-state index contributed by atoms with van der Waals surface area (Å²) in [6.45, 7) is 6.73. The van der Waals surface area contributed by atoms with Crippen molar-refractivity contribution in [1.82, 2.24) is 5.32 Å². The van der Waals surface area contributed by atoms with Crippen molar-refractivity contribution in [3.8, 4) is 0 Å². The lowest BCUT2D eigenvalue weighted by Gasteiger charge is -2.20. The molecular formula is C8H19NS. The molecule has 2 unspecified atom stereocenters. The van der Waals surface area contributed by atoms with E-state index in [1.54, 1.807) is 0 Å². The molecule has 2 heteroatoms. The summed E-state index contributed by atoms with van der Waals surface area (Å²) < 4.78 is 0. The molecule has 0 fully saturated rings. The van der Waals surface area contributed by atoms with Crippen molar-refractivity contribution in [3.05, 3.63) is 0 Å². The van der Waals surface area contributed by atoms with Crippen molar-refractivity contribution in [2.75, 3.05) is 12.8 Å². The minimum atomic E-state index is 0.685. The van der Waals surface area contributed by atoms with Gasteiger partial charge in [0, 0.05) is 11.3 Å². The first-order chi connectivity index (χ1) is 4.76. The summed E-state index contributed by atoms with van der Waals surface area (Å²) in [5.74, 6) is 1.22. The molecule has 0 spiro atoms. The first-order valence-corrected chi connectivity index (χ1v) is 5.09. The second kappa shape index (κ2) is 6.05. The topological polar surface area (TPSA) is 12.0 Å². The van der Waals surface area contributed by atoms with Gasteiger partial charge in [0.2, 0.25) is 0 Å². The minimum absolute atomic E-state index is 0.685. The average molecular weight is 161 g/mol. The molecule has 0 aromatic heterocycles. The van der Waals surface area contributed by atoms with E-state index in [9.17, 15) is 0 Å². The molecule has 62 valence electrons. The highest BCUT2D eigenvalue weighted by Crippen LogP contribution is 2.14. The van der Waals surface area contributed by atoms with Crippen molar-refractivity contribution in [3.63, 3.8) is 0 Å².